The van der Waals surface area contributed by atoms with Crippen LogP contribution in [0.5, 0.6) is 0 Å². The van der Waals surface area contributed by atoms with Gasteiger partial charge < -0.3 is 0 Å². The van der Waals surface area contributed by atoms with Crippen molar-refractivity contribution in [2.75, 3.05) is 0 Å². The zero-order valence-electron chi connectivity index (χ0n) is 8.54. The molecule has 0 unspecified atom stereocenters. The third kappa shape index (κ3) is 1.36. The van der Waals surface area contributed by atoms with E-state index in [1.54, 1.807) is 24.5 Å². The number of aromatic nitrogens is 5. The number of pyridine rings is 1. The Morgan fingerprint density at radius 1 is 1.18 bits per heavy atom. The van der Waals surface area contributed by atoms with Gasteiger partial charge in [0, 0.05) is 18.6 Å². The predicted molar refractivity (Wildman–Crippen MR) is 60.1 cm³/mol. The van der Waals surface area contributed by atoms with E-state index >= 15 is 0 Å². The van der Waals surface area contributed by atoms with Gasteiger partial charge in [0.2, 0.25) is 0 Å². The summed E-state index contributed by atoms with van der Waals surface area (Å²) in [5.74, 6) is 0. The molecule has 2 N–H and O–H groups in total. The summed E-state index contributed by atoms with van der Waals surface area (Å²) in [5.41, 5.74) is -0.0897. The first kappa shape index (κ1) is 9.52. The first-order valence-corrected chi connectivity index (χ1v) is 4.86. The molecule has 0 aliphatic rings. The first-order chi connectivity index (χ1) is 8.27. The van der Waals surface area contributed by atoms with E-state index in [0.717, 1.165) is 0 Å². The van der Waals surface area contributed by atoms with Gasteiger partial charge in [-0.2, -0.15) is 5.10 Å². The molecular weight excluding hydrogens is 222 g/mol. The van der Waals surface area contributed by atoms with Crippen molar-refractivity contribution in [3.63, 3.8) is 0 Å². The summed E-state index contributed by atoms with van der Waals surface area (Å²) in [7, 11) is 0. The SMILES string of the molecule is O=c1[nH]c(=O)n(-c2ccncc2)c2n[nH]cc12. The number of H-pyrrole nitrogens is 2. The molecular formula is C10H7N5O2. The minimum absolute atomic E-state index is 0.296. The van der Waals surface area contributed by atoms with Crippen molar-refractivity contribution in [3.05, 3.63) is 51.6 Å². The fraction of sp³-hybridized carbons (Fsp3) is 0. The van der Waals surface area contributed by atoms with Crippen LogP contribution in [-0.2, 0) is 0 Å². The molecule has 0 bridgehead atoms. The number of aromatic amines is 2. The van der Waals surface area contributed by atoms with Crippen molar-refractivity contribution in [1.82, 2.24) is 24.7 Å². The zero-order chi connectivity index (χ0) is 11.8. The summed E-state index contributed by atoms with van der Waals surface area (Å²) in [4.78, 5) is 29.4. The fourth-order valence-electron chi connectivity index (χ4n) is 1.67. The lowest BCUT2D eigenvalue weighted by molar-refractivity contribution is 0.917. The lowest BCUT2D eigenvalue weighted by atomic mass is 10.3. The Bertz CT molecular complexity index is 784. The van der Waals surface area contributed by atoms with Gasteiger partial charge in [-0.1, -0.05) is 0 Å². The van der Waals surface area contributed by atoms with E-state index in [0.29, 0.717) is 16.7 Å². The van der Waals surface area contributed by atoms with E-state index in [1.807, 2.05) is 0 Å². The van der Waals surface area contributed by atoms with Crippen LogP contribution in [-0.4, -0.2) is 24.7 Å². The van der Waals surface area contributed by atoms with Crippen molar-refractivity contribution < 1.29 is 0 Å². The number of hydrogen-bond donors (Lipinski definition) is 2. The van der Waals surface area contributed by atoms with Crippen LogP contribution in [0.3, 0.4) is 0 Å². The summed E-state index contributed by atoms with van der Waals surface area (Å²) in [6.45, 7) is 0. The van der Waals surface area contributed by atoms with Crippen LogP contribution in [0.4, 0.5) is 0 Å². The van der Waals surface area contributed by atoms with Crippen LogP contribution < -0.4 is 11.2 Å². The maximum atomic E-state index is 11.8. The van der Waals surface area contributed by atoms with Crippen molar-refractivity contribution in [1.29, 1.82) is 0 Å². The predicted octanol–water partition coefficient (Wildman–Crippen LogP) is -0.203. The van der Waals surface area contributed by atoms with Gasteiger partial charge in [0.1, 0.15) is 5.39 Å². The van der Waals surface area contributed by atoms with Crippen LogP contribution in [0, 0.1) is 0 Å². The molecule has 84 valence electrons. The Hall–Kier alpha value is -2.70. The van der Waals surface area contributed by atoms with E-state index in [2.05, 4.69) is 20.2 Å². The minimum atomic E-state index is -0.527. The molecule has 0 spiro atoms. The zero-order valence-corrected chi connectivity index (χ0v) is 8.54. The Morgan fingerprint density at radius 3 is 2.71 bits per heavy atom. The Kier molecular flexibility index (Phi) is 1.91. The van der Waals surface area contributed by atoms with E-state index < -0.39 is 11.2 Å². The van der Waals surface area contributed by atoms with Gasteiger partial charge in [-0.25, -0.2) is 9.36 Å². The smallest absolute Gasteiger partial charge is 0.283 e. The van der Waals surface area contributed by atoms with Crippen molar-refractivity contribution in [2.45, 2.75) is 0 Å². The Morgan fingerprint density at radius 2 is 1.94 bits per heavy atom. The van der Waals surface area contributed by atoms with Gasteiger partial charge in [0.05, 0.1) is 5.69 Å². The number of hydrogen-bond acceptors (Lipinski definition) is 4. The number of fused-ring (bicyclic) bond motifs is 1. The van der Waals surface area contributed by atoms with Crippen LogP contribution in [0.1, 0.15) is 0 Å². The van der Waals surface area contributed by atoms with Crippen LogP contribution in [0.2, 0.25) is 0 Å². The van der Waals surface area contributed by atoms with Crippen LogP contribution in [0.25, 0.3) is 16.7 Å². The topological polar surface area (TPSA) is 96.4 Å². The Balaban J connectivity index is 2.49. The van der Waals surface area contributed by atoms with Gasteiger partial charge in [-0.15, -0.1) is 0 Å². The second kappa shape index (κ2) is 3.41. The average Bonchev–Trinajstić information content (AvgIpc) is 2.79. The molecule has 3 aromatic heterocycles. The van der Waals surface area contributed by atoms with E-state index in [1.165, 1.54) is 10.8 Å². The monoisotopic (exact) mass is 229 g/mol. The standard InChI is InChI=1S/C10H7N5O2/c16-9-7-5-12-14-8(7)15(10(17)13-9)6-1-3-11-4-2-6/h1-5H,(H,12,14)(H,13,16,17). The third-order valence-corrected chi connectivity index (χ3v) is 2.42. The highest BCUT2D eigenvalue weighted by Gasteiger charge is 2.10. The molecule has 3 heterocycles. The molecule has 17 heavy (non-hydrogen) atoms. The second-order valence-electron chi connectivity index (χ2n) is 3.42. The molecule has 3 aromatic rings. The molecule has 0 atom stereocenters. The molecule has 0 aliphatic carbocycles. The highest BCUT2D eigenvalue weighted by Crippen LogP contribution is 2.08. The first-order valence-electron chi connectivity index (χ1n) is 4.86. The lowest BCUT2D eigenvalue weighted by Crippen LogP contribution is -2.29. The highest BCUT2D eigenvalue weighted by atomic mass is 16.2. The van der Waals surface area contributed by atoms with Gasteiger partial charge >= 0.3 is 5.69 Å². The molecule has 7 heteroatoms. The molecule has 0 saturated carbocycles. The average molecular weight is 229 g/mol. The third-order valence-electron chi connectivity index (χ3n) is 2.42. The lowest BCUT2D eigenvalue weighted by Gasteiger charge is -2.04. The van der Waals surface area contributed by atoms with Crippen LogP contribution in [0.15, 0.2) is 40.3 Å². The quantitative estimate of drug-likeness (QED) is 0.603. The number of nitrogens with one attached hydrogen (secondary N) is 2. The molecule has 0 aromatic carbocycles. The normalized spacial score (nSPS) is 10.8. The second-order valence-corrected chi connectivity index (χ2v) is 3.42. The summed E-state index contributed by atoms with van der Waals surface area (Å²) in [6, 6.07) is 3.32. The summed E-state index contributed by atoms with van der Waals surface area (Å²) in [5, 5.41) is 6.82. The van der Waals surface area contributed by atoms with Crippen molar-refractivity contribution in [2.24, 2.45) is 0 Å². The highest BCUT2D eigenvalue weighted by molar-refractivity contribution is 5.74. The maximum absolute atomic E-state index is 11.8. The molecule has 7 nitrogen and oxygen atoms in total. The molecule has 0 amide bonds. The van der Waals surface area contributed by atoms with Gasteiger partial charge in [-0.3, -0.25) is 19.9 Å². The summed E-state index contributed by atoms with van der Waals surface area (Å²) >= 11 is 0. The number of rotatable bonds is 1. The van der Waals surface area contributed by atoms with E-state index in [4.69, 9.17) is 0 Å². The Labute approximate surface area is 93.8 Å². The molecule has 0 radical (unpaired) electrons. The van der Waals surface area contributed by atoms with E-state index in [-0.39, 0.29) is 0 Å². The number of nitrogens with zero attached hydrogens (tertiary/aromatic N) is 3. The van der Waals surface area contributed by atoms with Crippen molar-refractivity contribution >= 4 is 11.0 Å². The maximum Gasteiger partial charge on any atom is 0.334 e. The molecule has 0 fully saturated rings. The fourth-order valence-corrected chi connectivity index (χ4v) is 1.67. The molecule has 0 aliphatic heterocycles. The van der Waals surface area contributed by atoms with Crippen LogP contribution >= 0.6 is 0 Å². The van der Waals surface area contributed by atoms with Gasteiger partial charge in [-0.05, 0) is 12.1 Å². The molecule has 0 saturated heterocycles. The van der Waals surface area contributed by atoms with Crippen molar-refractivity contribution in [3.8, 4) is 5.69 Å². The summed E-state index contributed by atoms with van der Waals surface area (Å²) in [6.07, 6.45) is 4.57. The van der Waals surface area contributed by atoms with Gasteiger partial charge in [0.25, 0.3) is 5.56 Å². The molecule has 3 rings (SSSR count). The summed E-state index contributed by atoms with van der Waals surface area (Å²) < 4.78 is 1.31. The largest absolute Gasteiger partial charge is 0.334 e. The van der Waals surface area contributed by atoms with E-state index in [9.17, 15) is 9.59 Å². The van der Waals surface area contributed by atoms with Gasteiger partial charge in [0.15, 0.2) is 5.65 Å². The minimum Gasteiger partial charge on any atom is -0.283 e.